The molecule has 0 N–H and O–H groups in total. The number of benzene rings is 1. The van der Waals surface area contributed by atoms with Gasteiger partial charge in [0.15, 0.2) is 11.7 Å². The predicted octanol–water partition coefficient (Wildman–Crippen LogP) is 2.82. The van der Waals surface area contributed by atoms with Gasteiger partial charge in [-0.1, -0.05) is 6.42 Å². The summed E-state index contributed by atoms with van der Waals surface area (Å²) in [4.78, 5) is 4.38. The molecule has 2 heterocycles. The number of aryl methyl sites for hydroxylation is 1. The summed E-state index contributed by atoms with van der Waals surface area (Å²) < 4.78 is 32.1. The van der Waals surface area contributed by atoms with Crippen LogP contribution in [0.3, 0.4) is 0 Å². The van der Waals surface area contributed by atoms with Crippen molar-refractivity contribution in [2.75, 3.05) is 13.1 Å². The predicted molar refractivity (Wildman–Crippen MR) is 79.3 cm³/mol. The molecule has 3 rings (SSSR count). The number of sulfonamides is 1. The molecular formula is C15H18N2O3S. The molecule has 6 heteroatoms. The third-order valence-electron chi connectivity index (χ3n) is 3.71. The van der Waals surface area contributed by atoms with Crippen LogP contribution in [-0.4, -0.2) is 30.8 Å². The zero-order valence-corrected chi connectivity index (χ0v) is 12.8. The van der Waals surface area contributed by atoms with Gasteiger partial charge in [-0.3, -0.25) is 0 Å². The number of rotatable bonds is 3. The molecule has 0 amide bonds. The Hall–Kier alpha value is -1.66. The molecule has 1 saturated heterocycles. The van der Waals surface area contributed by atoms with E-state index in [1.165, 1.54) is 0 Å². The summed E-state index contributed by atoms with van der Waals surface area (Å²) in [6.45, 7) is 3.01. The zero-order valence-electron chi connectivity index (χ0n) is 11.9. The number of piperidine rings is 1. The molecular weight excluding hydrogens is 288 g/mol. The van der Waals surface area contributed by atoms with Crippen LogP contribution in [0.1, 0.15) is 25.2 Å². The number of oxazole rings is 1. The number of aromatic nitrogens is 1. The van der Waals surface area contributed by atoms with E-state index < -0.39 is 10.0 Å². The van der Waals surface area contributed by atoms with E-state index in [1.54, 1.807) is 41.7 Å². The molecule has 112 valence electrons. The molecule has 1 fully saturated rings. The van der Waals surface area contributed by atoms with Crippen LogP contribution in [0.5, 0.6) is 0 Å². The maximum Gasteiger partial charge on any atom is 0.243 e. The molecule has 21 heavy (non-hydrogen) atoms. The van der Waals surface area contributed by atoms with Crippen LogP contribution in [0.15, 0.2) is 39.8 Å². The lowest BCUT2D eigenvalue weighted by molar-refractivity contribution is 0.346. The Morgan fingerprint density at radius 2 is 1.76 bits per heavy atom. The first-order valence-electron chi connectivity index (χ1n) is 7.10. The summed E-state index contributed by atoms with van der Waals surface area (Å²) >= 11 is 0. The highest BCUT2D eigenvalue weighted by Gasteiger charge is 2.25. The van der Waals surface area contributed by atoms with Crippen molar-refractivity contribution in [2.24, 2.45) is 0 Å². The van der Waals surface area contributed by atoms with Gasteiger partial charge in [-0.2, -0.15) is 4.31 Å². The van der Waals surface area contributed by atoms with Gasteiger partial charge in [0.1, 0.15) is 0 Å². The van der Waals surface area contributed by atoms with Crippen LogP contribution in [0.25, 0.3) is 11.3 Å². The monoisotopic (exact) mass is 306 g/mol. The number of nitrogens with zero attached hydrogens (tertiary/aromatic N) is 2. The molecule has 1 aliphatic heterocycles. The van der Waals surface area contributed by atoms with Gasteiger partial charge < -0.3 is 4.42 Å². The zero-order chi connectivity index (χ0) is 14.9. The van der Waals surface area contributed by atoms with Gasteiger partial charge in [-0.15, -0.1) is 0 Å². The Morgan fingerprint density at radius 3 is 2.33 bits per heavy atom. The Balaban J connectivity index is 1.86. The molecule has 0 bridgehead atoms. The van der Waals surface area contributed by atoms with Gasteiger partial charge in [-0.25, -0.2) is 13.4 Å². The Labute approximate surface area is 124 Å². The third kappa shape index (κ3) is 2.87. The van der Waals surface area contributed by atoms with Gasteiger partial charge in [0.05, 0.1) is 11.1 Å². The standard InChI is InChI=1S/C15H18N2O3S/c1-12-16-11-15(20-12)13-5-7-14(8-6-13)21(18,19)17-9-3-2-4-10-17/h5-8,11H,2-4,9-10H2,1H3. The molecule has 0 aliphatic carbocycles. The molecule has 1 aromatic heterocycles. The molecule has 2 aromatic rings. The van der Waals surface area contributed by atoms with Crippen molar-refractivity contribution in [3.63, 3.8) is 0 Å². The van der Waals surface area contributed by atoms with Crippen molar-refractivity contribution in [3.05, 3.63) is 36.4 Å². The van der Waals surface area contributed by atoms with Crippen LogP contribution in [-0.2, 0) is 10.0 Å². The van der Waals surface area contributed by atoms with Crippen molar-refractivity contribution >= 4 is 10.0 Å². The van der Waals surface area contributed by atoms with Crippen molar-refractivity contribution in [1.29, 1.82) is 0 Å². The van der Waals surface area contributed by atoms with Crippen molar-refractivity contribution < 1.29 is 12.8 Å². The smallest absolute Gasteiger partial charge is 0.243 e. The van der Waals surface area contributed by atoms with Crippen LogP contribution >= 0.6 is 0 Å². The minimum atomic E-state index is -3.37. The second kappa shape index (κ2) is 5.61. The lowest BCUT2D eigenvalue weighted by Gasteiger charge is -2.25. The molecule has 0 unspecified atom stereocenters. The first-order chi connectivity index (χ1) is 10.1. The highest BCUT2D eigenvalue weighted by atomic mass is 32.2. The van der Waals surface area contributed by atoms with Crippen LogP contribution in [0.4, 0.5) is 0 Å². The Bertz CT molecular complexity index is 714. The number of hydrogen-bond acceptors (Lipinski definition) is 4. The van der Waals surface area contributed by atoms with Gasteiger partial charge in [0, 0.05) is 25.6 Å². The van der Waals surface area contributed by atoms with Gasteiger partial charge in [0.25, 0.3) is 0 Å². The van der Waals surface area contributed by atoms with Gasteiger partial charge in [0.2, 0.25) is 10.0 Å². The molecule has 5 nitrogen and oxygen atoms in total. The quantitative estimate of drug-likeness (QED) is 0.874. The second-order valence-corrected chi connectivity index (χ2v) is 7.17. The highest BCUT2D eigenvalue weighted by Crippen LogP contribution is 2.25. The fraction of sp³-hybridized carbons (Fsp3) is 0.400. The second-order valence-electron chi connectivity index (χ2n) is 5.23. The average Bonchev–Trinajstić information content (AvgIpc) is 2.95. The molecule has 1 aromatic carbocycles. The summed E-state index contributed by atoms with van der Waals surface area (Å²) in [5, 5.41) is 0. The van der Waals surface area contributed by atoms with Crippen LogP contribution in [0.2, 0.25) is 0 Å². The summed E-state index contributed by atoms with van der Waals surface area (Å²) in [5.41, 5.74) is 0.827. The van der Waals surface area contributed by atoms with Crippen molar-refractivity contribution in [3.8, 4) is 11.3 Å². The SMILES string of the molecule is Cc1ncc(-c2ccc(S(=O)(=O)N3CCCCC3)cc2)o1. The largest absolute Gasteiger partial charge is 0.441 e. The van der Waals surface area contributed by atoms with E-state index in [-0.39, 0.29) is 0 Å². The van der Waals surface area contributed by atoms with E-state index in [0.29, 0.717) is 29.6 Å². The highest BCUT2D eigenvalue weighted by molar-refractivity contribution is 7.89. The number of hydrogen-bond donors (Lipinski definition) is 0. The van der Waals surface area contributed by atoms with Gasteiger partial charge in [-0.05, 0) is 37.1 Å². The average molecular weight is 306 g/mol. The van der Waals surface area contributed by atoms with Crippen molar-refractivity contribution in [2.45, 2.75) is 31.1 Å². The molecule has 0 spiro atoms. The minimum absolute atomic E-state index is 0.337. The maximum absolute atomic E-state index is 12.5. The van der Waals surface area contributed by atoms with Crippen LogP contribution < -0.4 is 0 Å². The summed E-state index contributed by atoms with van der Waals surface area (Å²) in [7, 11) is -3.37. The first-order valence-corrected chi connectivity index (χ1v) is 8.54. The molecule has 1 aliphatic rings. The van der Waals surface area contributed by atoms with E-state index >= 15 is 0 Å². The molecule has 0 atom stereocenters. The third-order valence-corrected chi connectivity index (χ3v) is 5.63. The first kappa shape index (κ1) is 14.3. The lowest BCUT2D eigenvalue weighted by atomic mass is 10.2. The molecule has 0 radical (unpaired) electrons. The van der Waals surface area contributed by atoms with Gasteiger partial charge >= 0.3 is 0 Å². The fourth-order valence-corrected chi connectivity index (χ4v) is 4.06. The van der Waals surface area contributed by atoms with Crippen LogP contribution in [0, 0.1) is 6.92 Å². The summed E-state index contributed by atoms with van der Waals surface area (Å²) in [6, 6.07) is 6.79. The van der Waals surface area contributed by atoms with E-state index in [0.717, 1.165) is 24.8 Å². The Kier molecular flexibility index (Phi) is 3.82. The summed E-state index contributed by atoms with van der Waals surface area (Å²) in [5.74, 6) is 1.24. The topological polar surface area (TPSA) is 63.4 Å². The normalized spacial score (nSPS) is 17.0. The maximum atomic E-state index is 12.5. The van der Waals surface area contributed by atoms with E-state index in [4.69, 9.17) is 4.42 Å². The lowest BCUT2D eigenvalue weighted by Crippen LogP contribution is -2.35. The van der Waals surface area contributed by atoms with E-state index in [2.05, 4.69) is 4.98 Å². The summed E-state index contributed by atoms with van der Waals surface area (Å²) in [6.07, 6.45) is 4.63. The minimum Gasteiger partial charge on any atom is -0.441 e. The Morgan fingerprint density at radius 1 is 1.10 bits per heavy atom. The fourth-order valence-electron chi connectivity index (χ4n) is 2.54. The molecule has 0 saturated carbocycles. The van der Waals surface area contributed by atoms with E-state index in [1.807, 2.05) is 0 Å². The van der Waals surface area contributed by atoms with Crippen molar-refractivity contribution in [1.82, 2.24) is 9.29 Å². The van der Waals surface area contributed by atoms with E-state index in [9.17, 15) is 8.42 Å².